The Labute approximate surface area is 144 Å². The van der Waals surface area contributed by atoms with Crippen molar-refractivity contribution in [3.63, 3.8) is 0 Å². The Bertz CT molecular complexity index is 1040. The van der Waals surface area contributed by atoms with Gasteiger partial charge in [-0.2, -0.15) is 0 Å². The van der Waals surface area contributed by atoms with Gasteiger partial charge in [-0.05, 0) is 24.3 Å². The molecule has 0 fully saturated rings. The van der Waals surface area contributed by atoms with Crippen LogP contribution in [0.1, 0.15) is 0 Å². The monoisotopic (exact) mass is 330 g/mol. The summed E-state index contributed by atoms with van der Waals surface area (Å²) in [5.41, 5.74) is 3.17. The number of rotatable bonds is 1. The zero-order valence-electron chi connectivity index (χ0n) is 13.3. The SMILES string of the molecule is OB(O)c1coc2cccc-2c1.c1ccc2c(c1)oc1ccccc12. The first-order valence-corrected chi connectivity index (χ1v) is 7.92. The second kappa shape index (κ2) is 6.47. The van der Waals surface area contributed by atoms with Gasteiger partial charge in [0, 0.05) is 21.8 Å². The molecule has 3 aromatic rings. The van der Waals surface area contributed by atoms with Crippen LogP contribution in [0.2, 0.25) is 0 Å². The maximum atomic E-state index is 8.82. The number of hydrogen-bond donors (Lipinski definition) is 2. The van der Waals surface area contributed by atoms with Gasteiger partial charge in [-0.15, -0.1) is 0 Å². The van der Waals surface area contributed by atoms with E-state index in [2.05, 4.69) is 12.1 Å². The summed E-state index contributed by atoms with van der Waals surface area (Å²) in [6.45, 7) is 0. The van der Waals surface area contributed by atoms with E-state index in [0.29, 0.717) is 5.46 Å². The molecule has 0 saturated heterocycles. The second-order valence-corrected chi connectivity index (χ2v) is 5.69. The molecule has 0 radical (unpaired) electrons. The number of furan rings is 1. The van der Waals surface area contributed by atoms with Gasteiger partial charge in [0.15, 0.2) is 0 Å². The number of para-hydroxylation sites is 2. The zero-order chi connectivity index (χ0) is 17.2. The van der Waals surface area contributed by atoms with Crippen molar-refractivity contribution >= 4 is 34.5 Å². The van der Waals surface area contributed by atoms with Crippen LogP contribution in [0.25, 0.3) is 33.3 Å². The van der Waals surface area contributed by atoms with E-state index >= 15 is 0 Å². The molecule has 0 amide bonds. The van der Waals surface area contributed by atoms with Crippen molar-refractivity contribution in [3.8, 4) is 11.3 Å². The van der Waals surface area contributed by atoms with Crippen LogP contribution in [0.3, 0.4) is 0 Å². The lowest BCUT2D eigenvalue weighted by atomic mass is 9.81. The van der Waals surface area contributed by atoms with E-state index in [1.807, 2.05) is 54.6 Å². The van der Waals surface area contributed by atoms with E-state index in [1.165, 1.54) is 17.0 Å². The maximum Gasteiger partial charge on any atom is 0.491 e. The third-order valence-corrected chi connectivity index (χ3v) is 4.03. The molecular weight excluding hydrogens is 315 g/mol. The van der Waals surface area contributed by atoms with E-state index in [4.69, 9.17) is 18.9 Å². The molecule has 2 N–H and O–H groups in total. The highest BCUT2D eigenvalue weighted by molar-refractivity contribution is 6.58. The predicted molar refractivity (Wildman–Crippen MR) is 98.9 cm³/mol. The molecular formula is C20H15BO4. The minimum atomic E-state index is -1.46. The van der Waals surface area contributed by atoms with Crippen molar-refractivity contribution in [3.05, 3.63) is 79.1 Å². The van der Waals surface area contributed by atoms with Crippen molar-refractivity contribution in [1.82, 2.24) is 0 Å². The smallest absolute Gasteiger partial charge is 0.465 e. The van der Waals surface area contributed by atoms with Crippen molar-refractivity contribution in [2.45, 2.75) is 0 Å². The minimum Gasteiger partial charge on any atom is -0.465 e. The molecule has 122 valence electrons. The molecule has 0 unspecified atom stereocenters. The van der Waals surface area contributed by atoms with Gasteiger partial charge in [-0.1, -0.05) is 48.5 Å². The second-order valence-electron chi connectivity index (χ2n) is 5.69. The molecule has 2 aliphatic rings. The molecule has 4 nitrogen and oxygen atoms in total. The van der Waals surface area contributed by atoms with Crippen LogP contribution in [0, 0.1) is 0 Å². The summed E-state index contributed by atoms with van der Waals surface area (Å²) < 4.78 is 10.8. The highest BCUT2D eigenvalue weighted by atomic mass is 16.4. The van der Waals surface area contributed by atoms with Gasteiger partial charge >= 0.3 is 7.12 Å². The molecule has 1 aromatic heterocycles. The van der Waals surface area contributed by atoms with Crippen LogP contribution in [0.15, 0.2) is 87.9 Å². The molecule has 0 atom stereocenters. The predicted octanol–water partition coefficient (Wildman–Crippen LogP) is 3.65. The standard InChI is InChI=1S/C12H8O.C8H7BO3/c1-3-7-11-9(5-1)10-6-2-4-8-12(10)13-11;10-9(11)7-4-6-2-1-3-8(6)12-5-7/h1-8H;1-5,10-11H. The lowest BCUT2D eigenvalue weighted by Crippen LogP contribution is -2.29. The summed E-state index contributed by atoms with van der Waals surface area (Å²) >= 11 is 0. The average molecular weight is 330 g/mol. The summed E-state index contributed by atoms with van der Waals surface area (Å²) in [5.74, 6) is 0.749. The summed E-state index contributed by atoms with van der Waals surface area (Å²) in [4.78, 5) is 0. The third kappa shape index (κ3) is 3.03. The highest BCUT2D eigenvalue weighted by Crippen LogP contribution is 2.27. The minimum absolute atomic E-state index is 0.369. The maximum absolute atomic E-state index is 8.82. The fourth-order valence-electron chi connectivity index (χ4n) is 2.80. The molecule has 0 spiro atoms. The largest absolute Gasteiger partial charge is 0.491 e. The number of fused-ring (bicyclic) bond motifs is 4. The molecule has 2 heterocycles. The zero-order valence-corrected chi connectivity index (χ0v) is 13.3. The van der Waals surface area contributed by atoms with E-state index in [9.17, 15) is 0 Å². The first kappa shape index (κ1) is 15.5. The van der Waals surface area contributed by atoms with Crippen LogP contribution in [0.4, 0.5) is 0 Å². The summed E-state index contributed by atoms with van der Waals surface area (Å²) in [6, 6.07) is 23.4. The molecule has 5 rings (SSSR count). The van der Waals surface area contributed by atoms with Gasteiger partial charge < -0.3 is 18.9 Å². The van der Waals surface area contributed by atoms with Gasteiger partial charge in [-0.3, -0.25) is 0 Å². The Kier molecular flexibility index (Phi) is 4.02. The number of hydrogen-bond acceptors (Lipinski definition) is 4. The van der Waals surface area contributed by atoms with Gasteiger partial charge in [0.2, 0.25) is 0 Å². The van der Waals surface area contributed by atoms with Crippen molar-refractivity contribution in [2.75, 3.05) is 0 Å². The van der Waals surface area contributed by atoms with Gasteiger partial charge in [0.1, 0.15) is 16.9 Å². The van der Waals surface area contributed by atoms with Crippen LogP contribution < -0.4 is 5.46 Å². The Balaban J connectivity index is 0.000000126. The Morgan fingerprint density at radius 2 is 1.36 bits per heavy atom. The van der Waals surface area contributed by atoms with E-state index in [-0.39, 0.29) is 0 Å². The Morgan fingerprint density at radius 1 is 0.720 bits per heavy atom. The van der Waals surface area contributed by atoms with Gasteiger partial charge in [0.05, 0.1) is 6.26 Å². The van der Waals surface area contributed by atoms with Crippen LogP contribution >= 0.6 is 0 Å². The Hall–Kier alpha value is -3.02. The van der Waals surface area contributed by atoms with E-state index in [0.717, 1.165) is 22.5 Å². The van der Waals surface area contributed by atoms with Crippen molar-refractivity contribution in [1.29, 1.82) is 0 Å². The topological polar surface area (TPSA) is 66.7 Å². The molecule has 1 aliphatic carbocycles. The molecule has 0 saturated carbocycles. The third-order valence-electron chi connectivity index (χ3n) is 4.03. The number of benzene rings is 2. The van der Waals surface area contributed by atoms with Crippen LogP contribution in [-0.2, 0) is 0 Å². The van der Waals surface area contributed by atoms with Crippen LogP contribution in [-0.4, -0.2) is 17.2 Å². The molecule has 5 heteroatoms. The normalized spacial score (nSPS) is 10.8. The highest BCUT2D eigenvalue weighted by Gasteiger charge is 2.14. The molecule has 25 heavy (non-hydrogen) atoms. The quantitative estimate of drug-likeness (QED) is 0.461. The summed E-state index contributed by atoms with van der Waals surface area (Å²) in [7, 11) is -1.46. The average Bonchev–Trinajstić information content (AvgIpc) is 3.25. The van der Waals surface area contributed by atoms with Gasteiger partial charge in [0.25, 0.3) is 0 Å². The first-order chi connectivity index (χ1) is 12.2. The molecule has 1 aliphatic heterocycles. The Morgan fingerprint density at radius 3 is 2.00 bits per heavy atom. The van der Waals surface area contributed by atoms with Crippen molar-refractivity contribution < 1.29 is 18.9 Å². The molecule has 2 aromatic carbocycles. The summed E-state index contributed by atoms with van der Waals surface area (Å²) in [5, 5.41) is 20.0. The fourth-order valence-corrected chi connectivity index (χ4v) is 2.80. The van der Waals surface area contributed by atoms with Crippen LogP contribution in [0.5, 0.6) is 0 Å². The molecule has 0 bridgehead atoms. The first-order valence-electron chi connectivity index (χ1n) is 7.92. The lowest BCUT2D eigenvalue weighted by molar-refractivity contribution is 0.423. The van der Waals surface area contributed by atoms with Gasteiger partial charge in [-0.25, -0.2) is 0 Å². The fraction of sp³-hybridized carbons (Fsp3) is 0. The van der Waals surface area contributed by atoms with E-state index in [1.54, 1.807) is 6.07 Å². The summed E-state index contributed by atoms with van der Waals surface area (Å²) in [6.07, 6.45) is 1.34. The lowest BCUT2D eigenvalue weighted by Gasteiger charge is -2.01. The van der Waals surface area contributed by atoms with E-state index < -0.39 is 7.12 Å². The van der Waals surface area contributed by atoms with Crippen molar-refractivity contribution in [2.24, 2.45) is 0 Å².